The van der Waals surface area contributed by atoms with Gasteiger partial charge in [0.25, 0.3) is 0 Å². The Morgan fingerprint density at radius 2 is 2.24 bits per heavy atom. The number of nitrogens with zero attached hydrogens (tertiary/aromatic N) is 1. The van der Waals surface area contributed by atoms with Crippen molar-refractivity contribution in [2.45, 2.75) is 20.3 Å². The molecule has 1 aromatic carbocycles. The Morgan fingerprint density at radius 1 is 1.53 bits per heavy atom. The molecule has 0 aliphatic rings. The van der Waals surface area contributed by atoms with E-state index in [4.69, 9.17) is 5.11 Å². The molecule has 17 heavy (non-hydrogen) atoms. The average Bonchev–Trinajstić information content (AvgIpc) is 2.61. The molecular weight excluding hydrogens is 284 g/mol. The lowest BCUT2D eigenvalue weighted by Crippen LogP contribution is -2.26. The Labute approximate surface area is 107 Å². The van der Waals surface area contributed by atoms with Gasteiger partial charge in [-0.25, -0.2) is 0 Å². The van der Waals surface area contributed by atoms with Gasteiger partial charge in [0.05, 0.1) is 10.9 Å². The van der Waals surface area contributed by atoms with Crippen molar-refractivity contribution in [2.24, 2.45) is 5.41 Å². The average molecular weight is 297 g/mol. The first kappa shape index (κ1) is 12.1. The molecule has 0 bridgehead atoms. The molecule has 0 saturated heterocycles. The highest BCUT2D eigenvalue weighted by molar-refractivity contribution is 9.10. The molecule has 2 rings (SSSR count). The lowest BCUT2D eigenvalue weighted by atomic mass is 9.85. The topological polar surface area (TPSA) is 66.0 Å². The van der Waals surface area contributed by atoms with Crippen LogP contribution in [0.1, 0.15) is 19.4 Å². The van der Waals surface area contributed by atoms with E-state index in [-0.39, 0.29) is 0 Å². The third-order valence-electron chi connectivity index (χ3n) is 2.83. The number of aromatic nitrogens is 2. The number of halogens is 1. The van der Waals surface area contributed by atoms with Crippen LogP contribution in [0.3, 0.4) is 0 Å². The third-order valence-corrected chi connectivity index (χ3v) is 3.41. The Morgan fingerprint density at radius 3 is 2.88 bits per heavy atom. The molecule has 0 spiro atoms. The Balaban J connectivity index is 2.49. The number of aliphatic carboxylic acids is 1. The van der Waals surface area contributed by atoms with E-state index < -0.39 is 11.4 Å². The van der Waals surface area contributed by atoms with E-state index in [2.05, 4.69) is 26.1 Å². The van der Waals surface area contributed by atoms with Crippen molar-refractivity contribution >= 4 is 32.8 Å². The normalized spacial score (nSPS) is 11.9. The highest BCUT2D eigenvalue weighted by atomic mass is 79.9. The first-order chi connectivity index (χ1) is 7.92. The minimum absolute atomic E-state index is 0.470. The molecule has 0 aliphatic carbocycles. The Hall–Kier alpha value is -1.36. The summed E-state index contributed by atoms with van der Waals surface area (Å²) in [6.45, 7) is 3.45. The monoisotopic (exact) mass is 296 g/mol. The van der Waals surface area contributed by atoms with Crippen LogP contribution < -0.4 is 0 Å². The van der Waals surface area contributed by atoms with E-state index in [1.54, 1.807) is 13.8 Å². The van der Waals surface area contributed by atoms with Crippen molar-refractivity contribution in [1.29, 1.82) is 0 Å². The molecule has 0 saturated carbocycles. The summed E-state index contributed by atoms with van der Waals surface area (Å²) in [7, 11) is 0. The zero-order chi connectivity index (χ0) is 12.6. The highest BCUT2D eigenvalue weighted by Crippen LogP contribution is 2.30. The van der Waals surface area contributed by atoms with Crippen LogP contribution >= 0.6 is 15.9 Å². The number of carboxylic acid groups (broad SMARTS) is 1. The second-order valence-electron chi connectivity index (χ2n) is 4.71. The Bertz CT molecular complexity index is 575. The van der Waals surface area contributed by atoms with Crippen LogP contribution in [0.25, 0.3) is 10.9 Å². The van der Waals surface area contributed by atoms with Gasteiger partial charge in [-0.3, -0.25) is 9.89 Å². The molecule has 4 nitrogen and oxygen atoms in total. The molecule has 5 heteroatoms. The number of hydrogen-bond donors (Lipinski definition) is 2. The van der Waals surface area contributed by atoms with Crippen LogP contribution in [0.2, 0.25) is 0 Å². The van der Waals surface area contributed by atoms with Gasteiger partial charge in [-0.05, 0) is 47.8 Å². The lowest BCUT2D eigenvalue weighted by molar-refractivity contribution is -0.146. The van der Waals surface area contributed by atoms with Crippen molar-refractivity contribution in [1.82, 2.24) is 10.2 Å². The molecule has 0 atom stereocenters. The molecule has 2 N–H and O–H groups in total. The van der Waals surface area contributed by atoms with Crippen LogP contribution in [0.5, 0.6) is 0 Å². The number of carbonyl (C=O) groups is 1. The summed E-state index contributed by atoms with van der Waals surface area (Å²) in [6.07, 6.45) is 0.470. The first-order valence-corrected chi connectivity index (χ1v) is 6.06. The molecule has 0 fully saturated rings. The molecule has 1 heterocycles. The van der Waals surface area contributed by atoms with Crippen LogP contribution in [0.4, 0.5) is 0 Å². The number of benzene rings is 1. The third kappa shape index (κ3) is 2.20. The fourth-order valence-corrected chi connectivity index (χ4v) is 2.34. The van der Waals surface area contributed by atoms with Crippen molar-refractivity contribution in [3.05, 3.63) is 28.4 Å². The number of carboxylic acids is 1. The predicted octanol–water partition coefficient (Wildman–Crippen LogP) is 2.98. The molecule has 0 aliphatic heterocycles. The van der Waals surface area contributed by atoms with E-state index in [1.807, 2.05) is 18.2 Å². The summed E-state index contributed by atoms with van der Waals surface area (Å²) in [5, 5.41) is 17.1. The molecule has 1 aromatic heterocycles. The van der Waals surface area contributed by atoms with Crippen LogP contribution in [0.15, 0.2) is 22.8 Å². The maximum Gasteiger partial charge on any atom is 0.309 e. The minimum Gasteiger partial charge on any atom is -0.481 e. The maximum absolute atomic E-state index is 11.1. The van der Waals surface area contributed by atoms with E-state index >= 15 is 0 Å². The van der Waals surface area contributed by atoms with Gasteiger partial charge in [0.15, 0.2) is 0 Å². The van der Waals surface area contributed by atoms with Gasteiger partial charge in [0.2, 0.25) is 0 Å². The molecule has 0 radical (unpaired) electrons. The van der Waals surface area contributed by atoms with Crippen LogP contribution in [0, 0.1) is 5.41 Å². The second kappa shape index (κ2) is 4.14. The van der Waals surface area contributed by atoms with Crippen molar-refractivity contribution in [2.75, 3.05) is 0 Å². The Kier molecular flexibility index (Phi) is 2.95. The number of H-pyrrole nitrogens is 1. The zero-order valence-electron chi connectivity index (χ0n) is 9.62. The van der Waals surface area contributed by atoms with Crippen molar-refractivity contribution in [3.63, 3.8) is 0 Å². The van der Waals surface area contributed by atoms with Crippen LogP contribution in [-0.2, 0) is 11.2 Å². The molecule has 0 unspecified atom stereocenters. The van der Waals surface area contributed by atoms with E-state index in [1.165, 1.54) is 0 Å². The summed E-state index contributed by atoms with van der Waals surface area (Å²) >= 11 is 3.40. The van der Waals surface area contributed by atoms with Gasteiger partial charge in [0.1, 0.15) is 4.60 Å². The molecule has 0 amide bonds. The van der Waals surface area contributed by atoms with E-state index in [9.17, 15) is 4.79 Å². The number of nitrogens with one attached hydrogen (secondary N) is 1. The summed E-state index contributed by atoms with van der Waals surface area (Å²) in [5.41, 5.74) is 1.04. The van der Waals surface area contributed by atoms with Gasteiger partial charge in [-0.15, -0.1) is 0 Å². The fourth-order valence-electron chi connectivity index (χ4n) is 1.80. The standard InChI is InChI=1S/C12H13BrN2O2/c1-12(2,11(16)17)6-7-4-3-5-8-9(7)10(13)15-14-8/h3-5H,6H2,1-2H3,(H,14,15)(H,16,17). The molecule has 90 valence electrons. The molecular formula is C12H13BrN2O2. The first-order valence-electron chi connectivity index (χ1n) is 5.27. The highest BCUT2D eigenvalue weighted by Gasteiger charge is 2.28. The van der Waals surface area contributed by atoms with Crippen LogP contribution in [-0.4, -0.2) is 21.3 Å². The van der Waals surface area contributed by atoms with Crippen molar-refractivity contribution in [3.8, 4) is 0 Å². The van der Waals surface area contributed by atoms with Gasteiger partial charge in [-0.2, -0.15) is 5.10 Å². The largest absolute Gasteiger partial charge is 0.481 e. The number of hydrogen-bond acceptors (Lipinski definition) is 2. The number of fused-ring (bicyclic) bond motifs is 1. The van der Waals surface area contributed by atoms with Gasteiger partial charge < -0.3 is 5.11 Å². The lowest BCUT2D eigenvalue weighted by Gasteiger charge is -2.19. The van der Waals surface area contributed by atoms with Gasteiger partial charge in [-0.1, -0.05) is 12.1 Å². The number of rotatable bonds is 3. The smallest absolute Gasteiger partial charge is 0.309 e. The van der Waals surface area contributed by atoms with E-state index in [0.29, 0.717) is 6.42 Å². The molecule has 2 aromatic rings. The second-order valence-corrected chi connectivity index (χ2v) is 5.51. The summed E-state index contributed by atoms with van der Waals surface area (Å²) in [5.74, 6) is -0.797. The van der Waals surface area contributed by atoms with Gasteiger partial charge in [0, 0.05) is 5.39 Å². The number of aromatic amines is 1. The van der Waals surface area contributed by atoms with Gasteiger partial charge >= 0.3 is 5.97 Å². The predicted molar refractivity (Wildman–Crippen MR) is 68.9 cm³/mol. The van der Waals surface area contributed by atoms with Crippen molar-refractivity contribution < 1.29 is 9.90 Å². The van der Waals surface area contributed by atoms with E-state index in [0.717, 1.165) is 21.1 Å². The summed E-state index contributed by atoms with van der Waals surface area (Å²) < 4.78 is 0.796. The maximum atomic E-state index is 11.1. The fraction of sp³-hybridized carbons (Fsp3) is 0.333. The zero-order valence-corrected chi connectivity index (χ0v) is 11.2. The quantitative estimate of drug-likeness (QED) is 0.915. The summed E-state index contributed by atoms with van der Waals surface area (Å²) in [6, 6.07) is 5.73. The SMILES string of the molecule is CC(C)(Cc1cccc2n[nH]c(Br)c12)C(=O)O. The summed E-state index contributed by atoms with van der Waals surface area (Å²) in [4.78, 5) is 11.1. The minimum atomic E-state index is -0.797.